The van der Waals surface area contributed by atoms with Gasteiger partial charge in [-0.25, -0.2) is 8.42 Å². The molecule has 0 saturated carbocycles. The third-order valence-corrected chi connectivity index (χ3v) is 6.00. The molecule has 0 saturated heterocycles. The van der Waals surface area contributed by atoms with Crippen molar-refractivity contribution in [2.45, 2.75) is 38.5 Å². The Labute approximate surface area is 114 Å². The Morgan fingerprint density at radius 1 is 1.22 bits per heavy atom. The van der Waals surface area contributed by atoms with Crippen molar-refractivity contribution in [3.63, 3.8) is 0 Å². The number of sulfone groups is 1. The van der Waals surface area contributed by atoms with Gasteiger partial charge in [0.05, 0.1) is 10.9 Å². The molecule has 0 aliphatic heterocycles. The molecule has 1 N–H and O–H groups in total. The van der Waals surface area contributed by atoms with Gasteiger partial charge in [-0.1, -0.05) is 17.7 Å². The molecule has 0 radical (unpaired) electrons. The molecule has 0 aliphatic carbocycles. The molecular weight excluding hydrogens is 272 g/mol. The molecule has 0 fully saturated rings. The van der Waals surface area contributed by atoms with E-state index in [0.29, 0.717) is 10.6 Å². The standard InChI is InChI=1S/C13H19ClO3S/c1-8-7-11(14)9(2)6-10(8)12(15)13(3,4)18(5,16)17/h6-7,12,15H,1-5H3. The molecule has 1 aromatic carbocycles. The minimum Gasteiger partial charge on any atom is -0.387 e. The number of aliphatic hydroxyl groups excluding tert-OH is 1. The van der Waals surface area contributed by atoms with Gasteiger partial charge in [-0.3, -0.25) is 0 Å². The fourth-order valence-corrected chi connectivity index (χ4v) is 2.43. The molecular formula is C13H19ClO3S. The van der Waals surface area contributed by atoms with Crippen LogP contribution in [0.1, 0.15) is 36.6 Å². The summed E-state index contributed by atoms with van der Waals surface area (Å²) in [4.78, 5) is 0. The lowest BCUT2D eigenvalue weighted by Crippen LogP contribution is -2.38. The molecule has 1 aromatic rings. The van der Waals surface area contributed by atoms with Crippen molar-refractivity contribution in [2.75, 3.05) is 6.26 Å². The van der Waals surface area contributed by atoms with Crippen LogP contribution >= 0.6 is 11.6 Å². The van der Waals surface area contributed by atoms with Crippen molar-refractivity contribution in [1.29, 1.82) is 0 Å². The fourth-order valence-electron chi connectivity index (χ4n) is 1.68. The monoisotopic (exact) mass is 290 g/mol. The van der Waals surface area contributed by atoms with E-state index in [9.17, 15) is 13.5 Å². The van der Waals surface area contributed by atoms with E-state index in [1.54, 1.807) is 12.1 Å². The average Bonchev–Trinajstić information content (AvgIpc) is 2.20. The first kappa shape index (κ1) is 15.5. The zero-order valence-corrected chi connectivity index (χ0v) is 12.9. The van der Waals surface area contributed by atoms with Crippen LogP contribution in [0.3, 0.4) is 0 Å². The van der Waals surface area contributed by atoms with Gasteiger partial charge in [0.15, 0.2) is 9.84 Å². The van der Waals surface area contributed by atoms with Gasteiger partial charge in [0, 0.05) is 11.3 Å². The van der Waals surface area contributed by atoms with Crippen LogP contribution in [0.5, 0.6) is 0 Å². The van der Waals surface area contributed by atoms with Gasteiger partial charge in [0.25, 0.3) is 0 Å². The van der Waals surface area contributed by atoms with E-state index in [2.05, 4.69) is 0 Å². The number of halogens is 1. The van der Waals surface area contributed by atoms with Crippen LogP contribution in [0.4, 0.5) is 0 Å². The summed E-state index contributed by atoms with van der Waals surface area (Å²) in [5, 5.41) is 11.0. The SMILES string of the molecule is Cc1cc(C(O)C(C)(C)S(C)(=O)=O)c(C)cc1Cl. The third-order valence-electron chi connectivity index (χ3n) is 3.46. The average molecular weight is 291 g/mol. The highest BCUT2D eigenvalue weighted by Crippen LogP contribution is 2.35. The quantitative estimate of drug-likeness (QED) is 0.931. The molecule has 102 valence electrons. The van der Waals surface area contributed by atoms with Crippen molar-refractivity contribution in [1.82, 2.24) is 0 Å². The van der Waals surface area contributed by atoms with Crippen LogP contribution in [0.2, 0.25) is 5.02 Å². The Hall–Kier alpha value is -0.580. The molecule has 0 aromatic heterocycles. The summed E-state index contributed by atoms with van der Waals surface area (Å²) in [7, 11) is -3.37. The highest BCUT2D eigenvalue weighted by molar-refractivity contribution is 7.92. The van der Waals surface area contributed by atoms with Gasteiger partial charge in [-0.15, -0.1) is 0 Å². The molecule has 1 unspecified atom stereocenters. The van der Waals surface area contributed by atoms with E-state index in [1.807, 2.05) is 13.8 Å². The topological polar surface area (TPSA) is 54.4 Å². The molecule has 0 amide bonds. The Bertz CT molecular complexity index is 562. The Kier molecular flexibility index (Phi) is 4.16. The lowest BCUT2D eigenvalue weighted by Gasteiger charge is -2.30. The smallest absolute Gasteiger partial charge is 0.155 e. The molecule has 1 atom stereocenters. The number of aryl methyl sites for hydroxylation is 2. The van der Waals surface area contributed by atoms with Crippen molar-refractivity contribution in [3.05, 3.63) is 33.8 Å². The van der Waals surface area contributed by atoms with Gasteiger partial charge < -0.3 is 5.11 Å². The predicted molar refractivity (Wildman–Crippen MR) is 74.8 cm³/mol. The van der Waals surface area contributed by atoms with Crippen molar-refractivity contribution in [2.24, 2.45) is 0 Å². The van der Waals surface area contributed by atoms with E-state index < -0.39 is 20.7 Å². The van der Waals surface area contributed by atoms with Crippen LogP contribution in [0.15, 0.2) is 12.1 Å². The Morgan fingerprint density at radius 3 is 2.17 bits per heavy atom. The molecule has 0 bridgehead atoms. The van der Waals surface area contributed by atoms with Gasteiger partial charge >= 0.3 is 0 Å². The summed E-state index contributed by atoms with van der Waals surface area (Å²) >= 11 is 5.99. The molecule has 5 heteroatoms. The van der Waals surface area contributed by atoms with E-state index in [-0.39, 0.29) is 0 Å². The second kappa shape index (κ2) is 4.83. The Morgan fingerprint density at radius 2 is 1.72 bits per heavy atom. The number of hydrogen-bond donors (Lipinski definition) is 1. The maximum Gasteiger partial charge on any atom is 0.155 e. The largest absolute Gasteiger partial charge is 0.387 e. The summed E-state index contributed by atoms with van der Waals surface area (Å²) in [6.45, 7) is 6.68. The minimum atomic E-state index is -3.37. The lowest BCUT2D eigenvalue weighted by molar-refractivity contribution is 0.139. The Balaban J connectivity index is 3.36. The maximum atomic E-state index is 11.7. The normalized spacial score (nSPS) is 14.6. The third kappa shape index (κ3) is 2.71. The number of rotatable bonds is 3. The van der Waals surface area contributed by atoms with E-state index in [1.165, 1.54) is 13.8 Å². The first-order valence-corrected chi connectivity index (χ1v) is 7.89. The van der Waals surface area contributed by atoms with Crippen molar-refractivity contribution < 1.29 is 13.5 Å². The summed E-state index contributed by atoms with van der Waals surface area (Å²) in [6, 6.07) is 3.49. The number of benzene rings is 1. The summed E-state index contributed by atoms with van der Waals surface area (Å²) in [5.74, 6) is 0. The van der Waals surface area contributed by atoms with Gasteiger partial charge in [-0.05, 0) is 50.5 Å². The highest BCUT2D eigenvalue weighted by Gasteiger charge is 2.39. The maximum absolute atomic E-state index is 11.7. The first-order valence-electron chi connectivity index (χ1n) is 5.62. The molecule has 0 aliphatic rings. The van der Waals surface area contributed by atoms with E-state index >= 15 is 0 Å². The summed E-state index contributed by atoms with van der Waals surface area (Å²) in [6.07, 6.45) is 0.0531. The van der Waals surface area contributed by atoms with Crippen molar-refractivity contribution >= 4 is 21.4 Å². The van der Waals surface area contributed by atoms with E-state index in [0.717, 1.165) is 17.4 Å². The fraction of sp³-hybridized carbons (Fsp3) is 0.538. The number of aliphatic hydroxyl groups is 1. The van der Waals surface area contributed by atoms with Gasteiger partial charge in [0.2, 0.25) is 0 Å². The van der Waals surface area contributed by atoms with Crippen LogP contribution in [-0.2, 0) is 9.84 Å². The van der Waals surface area contributed by atoms with Crippen LogP contribution in [0, 0.1) is 13.8 Å². The number of hydrogen-bond acceptors (Lipinski definition) is 3. The second-order valence-corrected chi connectivity index (χ2v) is 8.24. The van der Waals surface area contributed by atoms with Gasteiger partial charge in [-0.2, -0.15) is 0 Å². The minimum absolute atomic E-state index is 0.604. The zero-order chi connectivity index (χ0) is 14.3. The first-order chi connectivity index (χ1) is 7.98. The van der Waals surface area contributed by atoms with E-state index in [4.69, 9.17) is 11.6 Å². The molecule has 1 rings (SSSR count). The van der Waals surface area contributed by atoms with Crippen LogP contribution in [0.25, 0.3) is 0 Å². The molecule has 18 heavy (non-hydrogen) atoms. The zero-order valence-electron chi connectivity index (χ0n) is 11.3. The summed E-state index contributed by atoms with van der Waals surface area (Å²) in [5.41, 5.74) is 2.21. The predicted octanol–water partition coefficient (Wildman–Crippen LogP) is 2.81. The molecule has 3 nitrogen and oxygen atoms in total. The summed E-state index contributed by atoms with van der Waals surface area (Å²) < 4.78 is 22.3. The molecule has 0 spiro atoms. The van der Waals surface area contributed by atoms with Crippen molar-refractivity contribution in [3.8, 4) is 0 Å². The van der Waals surface area contributed by atoms with Crippen LogP contribution < -0.4 is 0 Å². The lowest BCUT2D eigenvalue weighted by atomic mass is 9.93. The highest BCUT2D eigenvalue weighted by atomic mass is 35.5. The molecule has 0 heterocycles. The van der Waals surface area contributed by atoms with Gasteiger partial charge in [0.1, 0.15) is 0 Å². The van der Waals surface area contributed by atoms with Crippen LogP contribution in [-0.4, -0.2) is 24.5 Å². The second-order valence-electron chi connectivity index (χ2n) is 5.24.